The standard InChI is InChI=1S/2C16H21.2CH3.H2Si.Zr/c2*1-10(2)13-8-14-6-12(5)7-16(14)15(9-13)11(3)4;;;;/h2*6-11H,1-5H3;2*1H3;1H2;. The molecule has 2 aromatic rings. The Labute approximate surface area is 224 Å². The number of benzene rings is 2. The zero-order valence-electron chi connectivity index (χ0n) is 25.1. The van der Waals surface area contributed by atoms with Gasteiger partial charge < -0.3 is 0 Å². The molecule has 0 aromatic heterocycles. The van der Waals surface area contributed by atoms with E-state index in [1.54, 1.807) is 44.5 Å². The summed E-state index contributed by atoms with van der Waals surface area (Å²) in [6.45, 7) is 26.3. The van der Waals surface area contributed by atoms with Crippen LogP contribution in [-0.2, 0) is 17.4 Å². The van der Waals surface area contributed by atoms with Gasteiger partial charge in [0.15, 0.2) is 0 Å². The average Bonchev–Trinajstić information content (AvgIpc) is 3.27. The molecule has 0 N–H and O–H groups in total. The molecule has 0 saturated heterocycles. The molecule has 0 saturated carbocycles. The van der Waals surface area contributed by atoms with E-state index in [2.05, 4.69) is 122 Å². The van der Waals surface area contributed by atoms with Gasteiger partial charge in [0, 0.05) is 0 Å². The zero-order chi connectivity index (χ0) is 26.9. The second-order valence-electron chi connectivity index (χ2n) is 14.4. The monoisotopic (exact) mass is 576 g/mol. The Kier molecular flexibility index (Phi) is 7.27. The van der Waals surface area contributed by atoms with Crippen LogP contribution in [0.5, 0.6) is 0 Å². The Balaban J connectivity index is 1.99. The van der Waals surface area contributed by atoms with E-state index in [0.29, 0.717) is 30.9 Å². The molecule has 0 radical (unpaired) electrons. The van der Waals surface area contributed by atoms with Crippen molar-refractivity contribution in [2.45, 2.75) is 109 Å². The van der Waals surface area contributed by atoms with Crippen LogP contribution in [0, 0.1) is 0 Å². The summed E-state index contributed by atoms with van der Waals surface area (Å²) in [6.07, 6.45) is 5.15. The van der Waals surface area contributed by atoms with Crippen molar-refractivity contribution >= 4 is 19.0 Å². The molecular weight excluding hydrogens is 528 g/mol. The second-order valence-corrected chi connectivity index (χ2v) is 44.9. The van der Waals surface area contributed by atoms with E-state index in [9.17, 15) is 0 Å². The molecule has 2 aliphatic carbocycles. The topological polar surface area (TPSA) is 0 Å². The van der Waals surface area contributed by atoms with Crippen molar-refractivity contribution in [1.82, 2.24) is 0 Å². The van der Waals surface area contributed by atoms with Gasteiger partial charge in [-0.05, 0) is 0 Å². The van der Waals surface area contributed by atoms with E-state index in [0.717, 1.165) is 0 Å². The van der Waals surface area contributed by atoms with Crippen molar-refractivity contribution in [3.63, 3.8) is 0 Å². The first-order valence-corrected chi connectivity index (χ1v) is 28.0. The average molecular weight is 578 g/mol. The molecule has 2 aromatic carbocycles. The van der Waals surface area contributed by atoms with E-state index in [1.807, 2.05) is 0 Å². The summed E-state index contributed by atoms with van der Waals surface area (Å²) in [7, 11) is 0. The van der Waals surface area contributed by atoms with E-state index >= 15 is 0 Å². The van der Waals surface area contributed by atoms with Gasteiger partial charge in [-0.2, -0.15) is 0 Å². The Morgan fingerprint density at radius 3 is 1.19 bits per heavy atom. The first kappa shape index (κ1) is 28.0. The van der Waals surface area contributed by atoms with Crippen molar-refractivity contribution in [3.8, 4) is 0 Å². The summed E-state index contributed by atoms with van der Waals surface area (Å²) >= 11 is -3.48. The molecule has 0 fully saturated rings. The maximum atomic E-state index is 2.78. The Bertz CT molecular complexity index is 1240. The SMILES string of the molecule is CC1=Cc2c(C(C)C)cc(C(C)C)cc2[CH]1[Zr]([CH3])([CH3])(=[SiH2])[CH]1C(C)=Cc2c(C(C)C)cc(C(C)C)cc21. The predicted molar refractivity (Wildman–Crippen MR) is 162 cm³/mol. The van der Waals surface area contributed by atoms with Gasteiger partial charge in [0.05, 0.1) is 0 Å². The minimum absolute atomic E-state index is 0.546. The Hall–Kier alpha value is -0.980. The second kappa shape index (κ2) is 9.34. The third-order valence-corrected chi connectivity index (χ3v) is 27.2. The number of hydrogen-bond acceptors (Lipinski definition) is 0. The van der Waals surface area contributed by atoms with Crippen LogP contribution in [0.4, 0.5) is 0 Å². The van der Waals surface area contributed by atoms with Crippen LogP contribution < -0.4 is 0 Å². The van der Waals surface area contributed by atoms with Crippen molar-refractivity contribution in [2.75, 3.05) is 0 Å². The molecular formula is C34H50SiZr. The Morgan fingerprint density at radius 1 is 0.583 bits per heavy atom. The van der Waals surface area contributed by atoms with Crippen LogP contribution in [0.25, 0.3) is 12.2 Å². The van der Waals surface area contributed by atoms with Gasteiger partial charge in [-0.25, -0.2) is 0 Å². The zero-order valence-corrected chi connectivity index (χ0v) is 29.0. The third-order valence-electron chi connectivity index (χ3n) is 9.28. The van der Waals surface area contributed by atoms with Crippen LogP contribution in [0.1, 0.15) is 145 Å². The summed E-state index contributed by atoms with van der Waals surface area (Å²) in [5, 5.41) is 0. The van der Waals surface area contributed by atoms with Gasteiger partial charge in [-0.1, -0.05) is 0 Å². The van der Waals surface area contributed by atoms with Gasteiger partial charge in [-0.15, -0.1) is 0 Å². The van der Waals surface area contributed by atoms with Gasteiger partial charge in [-0.3, -0.25) is 0 Å². The van der Waals surface area contributed by atoms with E-state index < -0.39 is 17.4 Å². The van der Waals surface area contributed by atoms with Crippen LogP contribution >= 0.6 is 0 Å². The van der Waals surface area contributed by atoms with Crippen molar-refractivity contribution < 1.29 is 17.4 Å². The summed E-state index contributed by atoms with van der Waals surface area (Å²) in [5.41, 5.74) is 15.8. The molecule has 4 rings (SSSR count). The molecule has 2 atom stereocenters. The molecule has 194 valence electrons. The third kappa shape index (κ3) is 4.47. The molecule has 0 aliphatic heterocycles. The van der Waals surface area contributed by atoms with Gasteiger partial charge >= 0.3 is 226 Å². The molecule has 0 spiro atoms. The van der Waals surface area contributed by atoms with E-state index in [4.69, 9.17) is 0 Å². The summed E-state index contributed by atoms with van der Waals surface area (Å²) in [6, 6.07) is 10.2. The maximum absolute atomic E-state index is 3.48. The van der Waals surface area contributed by atoms with Gasteiger partial charge in [0.1, 0.15) is 0 Å². The number of allylic oxidation sites excluding steroid dienone is 2. The first-order chi connectivity index (χ1) is 16.5. The first-order valence-electron chi connectivity index (χ1n) is 14.3. The molecule has 0 amide bonds. The molecule has 2 unspecified atom stereocenters. The van der Waals surface area contributed by atoms with Crippen LogP contribution in [0.2, 0.25) is 9.26 Å². The number of fused-ring (bicyclic) bond motifs is 2. The van der Waals surface area contributed by atoms with Crippen LogP contribution in [0.15, 0.2) is 35.4 Å². The fourth-order valence-corrected chi connectivity index (χ4v) is 28.9. The van der Waals surface area contributed by atoms with Crippen molar-refractivity contribution in [3.05, 3.63) is 79.9 Å². The molecule has 36 heavy (non-hydrogen) atoms. The minimum atomic E-state index is -3.48. The van der Waals surface area contributed by atoms with Gasteiger partial charge in [0.25, 0.3) is 0 Å². The molecule has 0 heterocycles. The van der Waals surface area contributed by atoms with Crippen LogP contribution in [0.3, 0.4) is 0 Å². The quantitative estimate of drug-likeness (QED) is 0.300. The summed E-state index contributed by atoms with van der Waals surface area (Å²) < 4.78 is 6.76. The number of rotatable bonds is 6. The van der Waals surface area contributed by atoms with E-state index in [1.165, 1.54) is 11.1 Å². The van der Waals surface area contributed by atoms with Crippen molar-refractivity contribution in [2.24, 2.45) is 0 Å². The fourth-order valence-electron chi connectivity index (χ4n) is 7.68. The molecule has 2 heteroatoms. The fraction of sp³-hybridized carbons (Fsp3) is 0.529. The normalized spacial score (nSPS) is 19.9. The van der Waals surface area contributed by atoms with Crippen LogP contribution in [-0.4, -0.2) is 6.88 Å². The predicted octanol–water partition coefficient (Wildman–Crippen LogP) is 10.1. The molecule has 0 bridgehead atoms. The summed E-state index contributed by atoms with van der Waals surface area (Å²) in [4.78, 5) is 0. The van der Waals surface area contributed by atoms with Gasteiger partial charge in [0.2, 0.25) is 0 Å². The summed E-state index contributed by atoms with van der Waals surface area (Å²) in [5.74, 6) is 2.20. The molecule has 2 aliphatic rings. The molecule has 0 nitrogen and oxygen atoms in total. The van der Waals surface area contributed by atoms with Crippen molar-refractivity contribution in [1.29, 1.82) is 0 Å². The van der Waals surface area contributed by atoms with E-state index in [-0.39, 0.29) is 0 Å². The number of hydrogen-bond donors (Lipinski definition) is 0. The Morgan fingerprint density at radius 2 is 0.917 bits per heavy atom.